The van der Waals surface area contributed by atoms with E-state index in [1.54, 1.807) is 33.6 Å². The SMILES string of the molecule is CCC(NC(=S)Nc1ccc(OC)nc1)c1ccc(OC)c(OC)c1. The number of thiocarbonyl (C=S) groups is 1. The van der Waals surface area contributed by atoms with Crippen LogP contribution >= 0.6 is 12.2 Å². The third kappa shape index (κ3) is 4.96. The number of nitrogens with one attached hydrogen (secondary N) is 2. The Morgan fingerprint density at radius 2 is 1.84 bits per heavy atom. The monoisotopic (exact) mass is 361 g/mol. The summed E-state index contributed by atoms with van der Waals surface area (Å²) in [5.74, 6) is 1.95. The highest BCUT2D eigenvalue weighted by molar-refractivity contribution is 7.80. The summed E-state index contributed by atoms with van der Waals surface area (Å²) in [5.41, 5.74) is 1.86. The number of methoxy groups -OCH3 is 3. The fourth-order valence-electron chi connectivity index (χ4n) is 2.39. The standard InChI is InChI=1S/C18H23N3O3S/c1-5-14(12-6-8-15(22-2)16(10-12)23-3)21-18(25)20-13-7-9-17(24-4)19-11-13/h6-11,14H,5H2,1-4H3,(H2,20,21,25). The van der Waals surface area contributed by atoms with Crippen molar-refractivity contribution in [3.8, 4) is 17.4 Å². The average Bonchev–Trinajstić information content (AvgIpc) is 2.66. The third-order valence-corrected chi connectivity index (χ3v) is 3.95. The summed E-state index contributed by atoms with van der Waals surface area (Å²) >= 11 is 5.41. The van der Waals surface area contributed by atoms with Gasteiger partial charge in [0.15, 0.2) is 16.6 Å². The van der Waals surface area contributed by atoms with Crippen molar-refractivity contribution in [2.24, 2.45) is 0 Å². The van der Waals surface area contributed by atoms with E-state index in [9.17, 15) is 0 Å². The number of aromatic nitrogens is 1. The molecule has 0 amide bonds. The van der Waals surface area contributed by atoms with Gasteiger partial charge in [-0.1, -0.05) is 13.0 Å². The molecule has 2 N–H and O–H groups in total. The minimum absolute atomic E-state index is 0.0472. The summed E-state index contributed by atoms with van der Waals surface area (Å²) in [5, 5.41) is 6.96. The Kier molecular flexibility index (Phi) is 6.82. The second kappa shape index (κ2) is 9.08. The number of pyridine rings is 1. The van der Waals surface area contributed by atoms with Crippen molar-refractivity contribution in [3.05, 3.63) is 42.1 Å². The van der Waals surface area contributed by atoms with Crippen LogP contribution < -0.4 is 24.8 Å². The molecule has 0 aliphatic heterocycles. The zero-order valence-corrected chi connectivity index (χ0v) is 15.6. The van der Waals surface area contributed by atoms with Crippen molar-refractivity contribution in [2.75, 3.05) is 26.6 Å². The molecule has 1 aromatic heterocycles. The van der Waals surface area contributed by atoms with Crippen LogP contribution in [0.1, 0.15) is 24.9 Å². The van der Waals surface area contributed by atoms with Crippen LogP contribution in [0.25, 0.3) is 0 Å². The van der Waals surface area contributed by atoms with Gasteiger partial charge in [-0.15, -0.1) is 0 Å². The van der Waals surface area contributed by atoms with Crippen LogP contribution in [0, 0.1) is 0 Å². The Labute approximate surface area is 153 Å². The fourth-order valence-corrected chi connectivity index (χ4v) is 2.65. The Morgan fingerprint density at radius 3 is 2.40 bits per heavy atom. The molecule has 0 spiro atoms. The normalized spacial score (nSPS) is 11.4. The van der Waals surface area contributed by atoms with E-state index in [0.29, 0.717) is 22.5 Å². The molecular weight excluding hydrogens is 338 g/mol. The molecule has 25 heavy (non-hydrogen) atoms. The molecule has 0 saturated carbocycles. The number of ether oxygens (including phenoxy) is 3. The topological polar surface area (TPSA) is 64.6 Å². The Hall–Kier alpha value is -2.54. The van der Waals surface area contributed by atoms with Gasteiger partial charge in [-0.05, 0) is 42.4 Å². The van der Waals surface area contributed by atoms with Gasteiger partial charge >= 0.3 is 0 Å². The number of hydrogen-bond acceptors (Lipinski definition) is 5. The number of benzene rings is 1. The van der Waals surface area contributed by atoms with Crippen LogP contribution in [0.15, 0.2) is 36.5 Å². The van der Waals surface area contributed by atoms with Gasteiger partial charge in [0.05, 0.1) is 39.3 Å². The molecule has 1 atom stereocenters. The van der Waals surface area contributed by atoms with Crippen LogP contribution in [0.5, 0.6) is 17.4 Å². The molecule has 1 unspecified atom stereocenters. The highest BCUT2D eigenvalue weighted by Crippen LogP contribution is 2.30. The summed E-state index contributed by atoms with van der Waals surface area (Å²) < 4.78 is 15.7. The van der Waals surface area contributed by atoms with E-state index in [1.807, 2.05) is 24.3 Å². The van der Waals surface area contributed by atoms with E-state index in [4.69, 9.17) is 26.4 Å². The highest BCUT2D eigenvalue weighted by atomic mass is 32.1. The third-order valence-electron chi connectivity index (χ3n) is 3.73. The van der Waals surface area contributed by atoms with Crippen LogP contribution in [0.3, 0.4) is 0 Å². The summed E-state index contributed by atoms with van der Waals surface area (Å²) in [6.45, 7) is 2.09. The minimum Gasteiger partial charge on any atom is -0.493 e. The van der Waals surface area contributed by atoms with Crippen molar-refractivity contribution in [1.82, 2.24) is 10.3 Å². The molecule has 1 aromatic carbocycles. The van der Waals surface area contributed by atoms with Gasteiger partial charge in [0.25, 0.3) is 0 Å². The molecule has 0 fully saturated rings. The number of anilines is 1. The van der Waals surface area contributed by atoms with Crippen LogP contribution in [0.2, 0.25) is 0 Å². The average molecular weight is 361 g/mol. The first-order chi connectivity index (χ1) is 12.1. The Balaban J connectivity index is 2.06. The Morgan fingerprint density at radius 1 is 1.08 bits per heavy atom. The predicted molar refractivity (Wildman–Crippen MR) is 103 cm³/mol. The van der Waals surface area contributed by atoms with Crippen LogP contribution in [-0.4, -0.2) is 31.4 Å². The molecular formula is C18H23N3O3S. The molecule has 1 heterocycles. The van der Waals surface area contributed by atoms with Gasteiger partial charge in [0.1, 0.15) is 0 Å². The fraction of sp³-hybridized carbons (Fsp3) is 0.333. The van der Waals surface area contributed by atoms with Crippen LogP contribution in [0.4, 0.5) is 5.69 Å². The molecule has 0 bridgehead atoms. The van der Waals surface area contributed by atoms with Gasteiger partial charge < -0.3 is 24.8 Å². The molecule has 0 radical (unpaired) electrons. The van der Waals surface area contributed by atoms with E-state index in [0.717, 1.165) is 17.7 Å². The molecule has 134 valence electrons. The van der Waals surface area contributed by atoms with E-state index < -0.39 is 0 Å². The quantitative estimate of drug-likeness (QED) is 0.731. The minimum atomic E-state index is 0.0472. The lowest BCUT2D eigenvalue weighted by atomic mass is 10.0. The van der Waals surface area contributed by atoms with Crippen molar-refractivity contribution >= 4 is 23.0 Å². The van der Waals surface area contributed by atoms with Crippen molar-refractivity contribution in [2.45, 2.75) is 19.4 Å². The molecule has 7 heteroatoms. The second-order valence-corrected chi connectivity index (χ2v) is 5.67. The van der Waals surface area contributed by atoms with Gasteiger partial charge in [-0.25, -0.2) is 4.98 Å². The van der Waals surface area contributed by atoms with Crippen molar-refractivity contribution in [3.63, 3.8) is 0 Å². The van der Waals surface area contributed by atoms with Gasteiger partial charge in [0.2, 0.25) is 5.88 Å². The van der Waals surface area contributed by atoms with Crippen molar-refractivity contribution in [1.29, 1.82) is 0 Å². The largest absolute Gasteiger partial charge is 0.493 e. The predicted octanol–water partition coefficient (Wildman–Crippen LogP) is 3.55. The Bertz CT molecular complexity index is 707. The first kappa shape index (κ1) is 18.8. The van der Waals surface area contributed by atoms with Gasteiger partial charge in [-0.2, -0.15) is 0 Å². The molecule has 2 aromatic rings. The summed E-state index contributed by atoms with van der Waals surface area (Å²) in [6.07, 6.45) is 2.53. The zero-order valence-electron chi connectivity index (χ0n) is 14.8. The number of rotatable bonds is 7. The molecule has 6 nitrogen and oxygen atoms in total. The number of nitrogens with zero attached hydrogens (tertiary/aromatic N) is 1. The maximum Gasteiger partial charge on any atom is 0.213 e. The lowest BCUT2D eigenvalue weighted by Gasteiger charge is -2.21. The molecule has 0 aliphatic carbocycles. The molecule has 0 aliphatic rings. The lowest BCUT2D eigenvalue weighted by molar-refractivity contribution is 0.354. The van der Waals surface area contributed by atoms with Crippen LogP contribution in [-0.2, 0) is 0 Å². The van der Waals surface area contributed by atoms with E-state index in [2.05, 4.69) is 22.5 Å². The first-order valence-corrected chi connectivity index (χ1v) is 8.31. The van der Waals surface area contributed by atoms with E-state index >= 15 is 0 Å². The maximum atomic E-state index is 5.41. The highest BCUT2D eigenvalue weighted by Gasteiger charge is 2.14. The summed E-state index contributed by atoms with van der Waals surface area (Å²) in [7, 11) is 4.82. The van der Waals surface area contributed by atoms with E-state index in [-0.39, 0.29) is 6.04 Å². The van der Waals surface area contributed by atoms with Gasteiger partial charge in [0, 0.05) is 6.07 Å². The molecule has 0 saturated heterocycles. The van der Waals surface area contributed by atoms with E-state index in [1.165, 1.54) is 0 Å². The molecule has 2 rings (SSSR count). The summed E-state index contributed by atoms with van der Waals surface area (Å²) in [6, 6.07) is 9.53. The maximum absolute atomic E-state index is 5.41. The van der Waals surface area contributed by atoms with Gasteiger partial charge in [-0.3, -0.25) is 0 Å². The smallest absolute Gasteiger partial charge is 0.213 e. The second-order valence-electron chi connectivity index (χ2n) is 5.26. The summed E-state index contributed by atoms with van der Waals surface area (Å²) in [4.78, 5) is 4.15. The number of hydrogen-bond donors (Lipinski definition) is 2. The zero-order chi connectivity index (χ0) is 18.2. The van der Waals surface area contributed by atoms with Crippen molar-refractivity contribution < 1.29 is 14.2 Å². The first-order valence-electron chi connectivity index (χ1n) is 7.90. The lowest BCUT2D eigenvalue weighted by Crippen LogP contribution is -2.32.